The normalized spacial score (nSPS) is 14.0. The molecule has 7 atom stereocenters. The zero-order chi connectivity index (χ0) is 54.7. The Kier molecular flexibility index (Phi) is 20.8. The fraction of sp³-hybridized carbons (Fsp3) is 0.364. The van der Waals surface area contributed by atoms with Crippen molar-refractivity contribution >= 4 is 68.9 Å². The second-order valence-electron chi connectivity index (χ2n) is 19.2. The number of para-hydroxylation sites is 1. The summed E-state index contributed by atoms with van der Waals surface area (Å²) in [6.45, 7) is 4.58. The SMILES string of the molecule is CC(C)[C@H](NC(=O)[C@H](Cc1ccccc1)NC(=O)[C@H](CCCCN)NC(=O)CNC(=O)[C@H](Cc1c[nH]c2ccccc12)NC(=O)[C@H](C)NC(=O)[C@@H](Cc1cccc2ccccc12)NC(=O)[C@@H](N)Cc1cnc[nH]1)C(N)=O. The number of amides is 8. The largest absolute Gasteiger partial charge is 0.368 e. The Morgan fingerprint density at radius 1 is 0.579 bits per heavy atom. The number of fused-ring (bicyclic) bond motifs is 2. The van der Waals surface area contributed by atoms with E-state index in [0.717, 1.165) is 27.2 Å². The highest BCUT2D eigenvalue weighted by atomic mass is 16.2. The molecule has 6 aromatic rings. The molecule has 0 bridgehead atoms. The number of imidazole rings is 1. The third kappa shape index (κ3) is 16.3. The van der Waals surface area contributed by atoms with Crippen LogP contribution in [0.4, 0.5) is 0 Å². The van der Waals surface area contributed by atoms with E-state index in [9.17, 15) is 38.4 Å². The van der Waals surface area contributed by atoms with E-state index < -0.39 is 96.1 Å². The minimum Gasteiger partial charge on any atom is -0.368 e. The van der Waals surface area contributed by atoms with Crippen molar-refractivity contribution in [2.24, 2.45) is 23.1 Å². The molecule has 0 fully saturated rings. The number of aromatic nitrogens is 3. The van der Waals surface area contributed by atoms with Crippen molar-refractivity contribution in [3.8, 4) is 0 Å². The van der Waals surface area contributed by atoms with Gasteiger partial charge in [0.15, 0.2) is 0 Å². The summed E-state index contributed by atoms with van der Waals surface area (Å²) >= 11 is 0. The number of unbranched alkanes of at least 4 members (excludes halogenated alkanes) is 1. The quantitative estimate of drug-likeness (QED) is 0.0307. The average Bonchev–Trinajstić information content (AvgIpc) is 4.09. The molecule has 0 saturated carbocycles. The van der Waals surface area contributed by atoms with Gasteiger partial charge in [-0.25, -0.2) is 4.98 Å². The summed E-state index contributed by atoms with van der Waals surface area (Å²) in [5.74, 6) is -5.97. The highest BCUT2D eigenvalue weighted by Crippen LogP contribution is 2.21. The van der Waals surface area contributed by atoms with Gasteiger partial charge >= 0.3 is 0 Å². The van der Waals surface area contributed by atoms with Crippen LogP contribution in [0, 0.1) is 5.92 Å². The highest BCUT2D eigenvalue weighted by molar-refractivity contribution is 5.98. The van der Waals surface area contributed by atoms with Crippen molar-refractivity contribution < 1.29 is 38.4 Å². The summed E-state index contributed by atoms with van der Waals surface area (Å²) in [5, 5.41) is 21.5. The maximum atomic E-state index is 14.2. The van der Waals surface area contributed by atoms with Crippen molar-refractivity contribution in [3.63, 3.8) is 0 Å². The van der Waals surface area contributed by atoms with Crippen LogP contribution in [0.1, 0.15) is 62.4 Å². The minimum absolute atomic E-state index is 0.0414. The fourth-order valence-electron chi connectivity index (χ4n) is 8.76. The van der Waals surface area contributed by atoms with E-state index in [-0.39, 0.29) is 38.0 Å². The van der Waals surface area contributed by atoms with Crippen LogP contribution in [0.5, 0.6) is 0 Å². The number of nitrogens with two attached hydrogens (primary N) is 3. The van der Waals surface area contributed by atoms with Gasteiger partial charge in [0.2, 0.25) is 47.3 Å². The van der Waals surface area contributed by atoms with E-state index in [0.29, 0.717) is 36.2 Å². The van der Waals surface area contributed by atoms with Gasteiger partial charge in [0.05, 0.1) is 18.9 Å². The molecule has 4 aromatic carbocycles. The molecule has 0 saturated heterocycles. The second kappa shape index (κ2) is 27.7. The van der Waals surface area contributed by atoms with Crippen LogP contribution in [0.25, 0.3) is 21.7 Å². The van der Waals surface area contributed by atoms with Crippen LogP contribution >= 0.6 is 0 Å². The lowest BCUT2D eigenvalue weighted by Crippen LogP contribution is -2.59. The van der Waals surface area contributed by atoms with E-state index in [2.05, 4.69) is 52.2 Å². The smallest absolute Gasteiger partial charge is 0.243 e. The Labute approximate surface area is 440 Å². The van der Waals surface area contributed by atoms with Crippen molar-refractivity contribution in [1.82, 2.24) is 52.2 Å². The van der Waals surface area contributed by atoms with Crippen LogP contribution in [0.15, 0.2) is 116 Å². The molecule has 76 heavy (non-hydrogen) atoms. The highest BCUT2D eigenvalue weighted by Gasteiger charge is 2.33. The predicted molar refractivity (Wildman–Crippen MR) is 287 cm³/mol. The van der Waals surface area contributed by atoms with Gasteiger partial charge in [-0.2, -0.15) is 0 Å². The number of benzene rings is 4. The number of aromatic amines is 2. The van der Waals surface area contributed by atoms with E-state index in [1.807, 2.05) is 66.7 Å². The number of carbonyl (C=O) groups excluding carboxylic acids is 8. The van der Waals surface area contributed by atoms with Crippen molar-refractivity contribution in [3.05, 3.63) is 138 Å². The monoisotopic (exact) mass is 1040 g/mol. The first-order valence-corrected chi connectivity index (χ1v) is 25.4. The Balaban J connectivity index is 1.16. The molecule has 6 rings (SSSR count). The lowest BCUT2D eigenvalue weighted by molar-refractivity contribution is -0.134. The molecule has 0 spiro atoms. The van der Waals surface area contributed by atoms with Crippen molar-refractivity contribution in [2.75, 3.05) is 13.1 Å². The zero-order valence-electron chi connectivity index (χ0n) is 42.9. The minimum atomic E-state index is -1.29. The summed E-state index contributed by atoms with van der Waals surface area (Å²) in [6.07, 6.45) is 5.98. The third-order valence-corrected chi connectivity index (χ3v) is 13.0. The van der Waals surface area contributed by atoms with E-state index in [4.69, 9.17) is 17.2 Å². The number of primary amides is 1. The number of carbonyl (C=O) groups is 8. The molecule has 15 N–H and O–H groups in total. The molecule has 21 heteroatoms. The number of nitrogens with zero attached hydrogens (tertiary/aromatic N) is 1. The van der Waals surface area contributed by atoms with Gasteiger partial charge in [-0.05, 0) is 72.2 Å². The molecule has 8 amide bonds. The third-order valence-electron chi connectivity index (χ3n) is 13.0. The lowest BCUT2D eigenvalue weighted by atomic mass is 9.97. The molecular formula is C55H69N13O8. The molecule has 402 valence electrons. The van der Waals surface area contributed by atoms with E-state index in [1.54, 1.807) is 56.6 Å². The molecular weight excluding hydrogens is 971 g/mol. The fourth-order valence-corrected chi connectivity index (χ4v) is 8.76. The molecule has 2 aromatic heterocycles. The predicted octanol–water partition coefficient (Wildman–Crippen LogP) is 0.957. The molecule has 0 unspecified atom stereocenters. The Hall–Kier alpha value is -8.43. The van der Waals surface area contributed by atoms with E-state index >= 15 is 0 Å². The number of hydrogen-bond donors (Lipinski definition) is 12. The van der Waals surface area contributed by atoms with Gasteiger partial charge in [0, 0.05) is 54.7 Å². The van der Waals surface area contributed by atoms with Crippen LogP contribution in [0.2, 0.25) is 0 Å². The summed E-state index contributed by atoms with van der Waals surface area (Å²) < 4.78 is 0. The molecule has 21 nitrogen and oxygen atoms in total. The standard InChI is InChI=1S/C55H69N13O8/c1-32(2)48(49(58)70)68-55(76)44(24-34-14-5-4-6-15-34)67-53(74)43(22-11-12-23-56)64-47(69)30-61-52(73)45(26-37-28-60-42-21-10-9-20-40(37)42)65-50(71)33(3)63-54(75)46(66-51(72)41(57)27-38-29-59-31-62-38)25-36-18-13-17-35-16-7-8-19-39(35)36/h4-10,13-21,28-29,31-33,41,43-46,48,60H,11-12,22-27,30,56-57H2,1-3H3,(H2,58,70)(H,59,62)(H,61,73)(H,63,75)(H,64,69)(H,65,71)(H,66,72)(H,67,74)(H,68,76)/t33-,41-,43-,44-,45-,46+,48-/m0/s1. The van der Waals surface area contributed by atoms with Crippen LogP contribution < -0.4 is 54.4 Å². The lowest BCUT2D eigenvalue weighted by Gasteiger charge is -2.26. The number of rotatable bonds is 28. The molecule has 2 heterocycles. The van der Waals surface area contributed by atoms with Gasteiger partial charge in [0.1, 0.15) is 36.3 Å². The van der Waals surface area contributed by atoms with Gasteiger partial charge in [-0.1, -0.05) is 105 Å². The second-order valence-corrected chi connectivity index (χ2v) is 19.2. The number of nitrogens with one attached hydrogen (secondary N) is 9. The summed E-state index contributed by atoms with van der Waals surface area (Å²) in [6, 6.07) is 21.4. The Bertz CT molecular complexity index is 2940. The summed E-state index contributed by atoms with van der Waals surface area (Å²) in [5.41, 5.74) is 21.2. The first-order chi connectivity index (χ1) is 36.5. The van der Waals surface area contributed by atoms with Gasteiger partial charge in [-0.15, -0.1) is 0 Å². The maximum Gasteiger partial charge on any atom is 0.243 e. The van der Waals surface area contributed by atoms with E-state index in [1.165, 1.54) is 13.3 Å². The molecule has 0 aliphatic rings. The van der Waals surface area contributed by atoms with Gasteiger partial charge in [0.25, 0.3) is 0 Å². The molecule has 0 aliphatic carbocycles. The van der Waals surface area contributed by atoms with Gasteiger partial charge in [-0.3, -0.25) is 38.4 Å². The maximum absolute atomic E-state index is 14.2. The summed E-state index contributed by atoms with van der Waals surface area (Å²) in [4.78, 5) is 120. The van der Waals surface area contributed by atoms with Crippen LogP contribution in [0.3, 0.4) is 0 Å². The summed E-state index contributed by atoms with van der Waals surface area (Å²) in [7, 11) is 0. The van der Waals surface area contributed by atoms with Crippen LogP contribution in [-0.2, 0) is 64.0 Å². The van der Waals surface area contributed by atoms with Crippen molar-refractivity contribution in [1.29, 1.82) is 0 Å². The first kappa shape index (κ1) is 56.9. The van der Waals surface area contributed by atoms with Gasteiger partial charge < -0.3 is 64.4 Å². The topological polar surface area (TPSA) is 343 Å². The Morgan fingerprint density at radius 3 is 1.91 bits per heavy atom. The molecule has 0 radical (unpaired) electrons. The Morgan fingerprint density at radius 2 is 1.20 bits per heavy atom. The van der Waals surface area contributed by atoms with Crippen LogP contribution in [-0.4, -0.2) is 118 Å². The number of H-pyrrole nitrogens is 2. The zero-order valence-corrected chi connectivity index (χ0v) is 42.9. The molecule has 0 aliphatic heterocycles. The van der Waals surface area contributed by atoms with Crippen molar-refractivity contribution in [2.45, 2.75) is 108 Å². The number of hydrogen-bond acceptors (Lipinski definition) is 11. The average molecular weight is 1040 g/mol. The first-order valence-electron chi connectivity index (χ1n) is 25.4.